The summed E-state index contributed by atoms with van der Waals surface area (Å²) in [5.74, 6) is 0.184. The number of urea groups is 1. The van der Waals surface area contributed by atoms with Crippen molar-refractivity contribution >= 4 is 51.0 Å². The molecule has 5 nitrogen and oxygen atoms in total. The molecular formula is C16H16BrN3O2S. The van der Waals surface area contributed by atoms with E-state index < -0.39 is 6.03 Å². The van der Waals surface area contributed by atoms with Gasteiger partial charge in [-0.3, -0.25) is 4.79 Å². The number of thioether (sulfide) groups is 1. The van der Waals surface area contributed by atoms with Crippen LogP contribution in [-0.2, 0) is 4.79 Å². The molecule has 0 unspecified atom stereocenters. The summed E-state index contributed by atoms with van der Waals surface area (Å²) in [7, 11) is 0. The van der Waals surface area contributed by atoms with Crippen LogP contribution in [-0.4, -0.2) is 17.7 Å². The Balaban J connectivity index is 1.93. The second-order valence-corrected chi connectivity index (χ2v) is 6.75. The van der Waals surface area contributed by atoms with Gasteiger partial charge in [-0.25, -0.2) is 4.79 Å². The molecule has 0 bridgehead atoms. The Morgan fingerprint density at radius 2 is 1.83 bits per heavy atom. The summed E-state index contributed by atoms with van der Waals surface area (Å²) in [6.07, 6.45) is 0. The number of hydrogen-bond donors (Lipinski definition) is 3. The lowest BCUT2D eigenvalue weighted by Crippen LogP contribution is -2.19. The van der Waals surface area contributed by atoms with E-state index in [2.05, 4.69) is 26.6 Å². The van der Waals surface area contributed by atoms with Crippen molar-refractivity contribution in [3.05, 3.63) is 52.5 Å². The van der Waals surface area contributed by atoms with Crippen molar-refractivity contribution in [2.45, 2.75) is 11.8 Å². The summed E-state index contributed by atoms with van der Waals surface area (Å²) < 4.78 is 1.02. The molecule has 0 atom stereocenters. The number of hydrogen-bond acceptors (Lipinski definition) is 3. The number of nitrogens with two attached hydrogens (primary N) is 1. The highest BCUT2D eigenvalue weighted by Crippen LogP contribution is 2.25. The topological polar surface area (TPSA) is 84.2 Å². The van der Waals surface area contributed by atoms with E-state index in [0.717, 1.165) is 14.9 Å². The van der Waals surface area contributed by atoms with Gasteiger partial charge in [0.05, 0.1) is 5.75 Å². The smallest absolute Gasteiger partial charge is 0.316 e. The first kappa shape index (κ1) is 17.4. The first-order valence-corrected chi connectivity index (χ1v) is 8.57. The number of amides is 3. The van der Waals surface area contributed by atoms with E-state index in [9.17, 15) is 9.59 Å². The Bertz CT molecular complexity index is 737. The monoisotopic (exact) mass is 393 g/mol. The lowest BCUT2D eigenvalue weighted by atomic mass is 10.2. The van der Waals surface area contributed by atoms with Crippen molar-refractivity contribution in [1.82, 2.24) is 0 Å². The van der Waals surface area contributed by atoms with Gasteiger partial charge in [-0.05, 0) is 48.9 Å². The molecule has 3 amide bonds. The molecule has 2 rings (SSSR count). The molecule has 4 N–H and O–H groups in total. The highest BCUT2D eigenvalue weighted by molar-refractivity contribution is 9.10. The second-order valence-electron chi connectivity index (χ2n) is 4.82. The molecule has 0 saturated carbocycles. The number of halogens is 1. The highest BCUT2D eigenvalue weighted by atomic mass is 79.9. The number of carbonyl (C=O) groups is 2. The van der Waals surface area contributed by atoms with Gasteiger partial charge in [0.15, 0.2) is 0 Å². The molecule has 0 aliphatic rings. The third-order valence-corrected chi connectivity index (χ3v) is 4.58. The average Bonchev–Trinajstić information content (AvgIpc) is 2.46. The normalized spacial score (nSPS) is 10.2. The number of aryl methyl sites for hydroxylation is 1. The van der Waals surface area contributed by atoms with Crippen molar-refractivity contribution < 1.29 is 9.59 Å². The van der Waals surface area contributed by atoms with Gasteiger partial charge >= 0.3 is 6.03 Å². The molecular weight excluding hydrogens is 378 g/mol. The summed E-state index contributed by atoms with van der Waals surface area (Å²) in [6.45, 7) is 2.00. The number of nitrogens with one attached hydrogen (secondary N) is 2. The molecule has 0 fully saturated rings. The first-order valence-electron chi connectivity index (χ1n) is 6.79. The molecule has 120 valence electrons. The van der Waals surface area contributed by atoms with Gasteiger partial charge in [0, 0.05) is 20.7 Å². The maximum absolute atomic E-state index is 12.0. The number of carbonyl (C=O) groups excluding carboxylic acids is 2. The average molecular weight is 394 g/mol. The molecule has 0 spiro atoms. The van der Waals surface area contributed by atoms with Crippen LogP contribution in [0, 0.1) is 6.92 Å². The van der Waals surface area contributed by atoms with Crippen LogP contribution in [0.1, 0.15) is 5.56 Å². The van der Waals surface area contributed by atoms with Gasteiger partial charge in [0.2, 0.25) is 5.91 Å². The van der Waals surface area contributed by atoms with E-state index in [-0.39, 0.29) is 5.91 Å². The molecule has 0 aliphatic heterocycles. The molecule has 2 aromatic carbocycles. The van der Waals surface area contributed by atoms with Crippen LogP contribution in [0.4, 0.5) is 16.2 Å². The lowest BCUT2D eigenvalue weighted by molar-refractivity contribution is -0.113. The summed E-state index contributed by atoms with van der Waals surface area (Å²) in [4.78, 5) is 23.9. The summed E-state index contributed by atoms with van der Waals surface area (Å²) in [6, 6.07) is 12.1. The predicted molar refractivity (Wildman–Crippen MR) is 97.9 cm³/mol. The minimum absolute atomic E-state index is 0.117. The zero-order chi connectivity index (χ0) is 16.8. The van der Waals surface area contributed by atoms with Crippen LogP contribution in [0.5, 0.6) is 0 Å². The Morgan fingerprint density at radius 1 is 1.13 bits per heavy atom. The van der Waals surface area contributed by atoms with Gasteiger partial charge in [0.25, 0.3) is 0 Å². The molecule has 0 heterocycles. The number of anilines is 2. The number of rotatable bonds is 5. The Morgan fingerprint density at radius 3 is 2.48 bits per heavy atom. The van der Waals surface area contributed by atoms with Gasteiger partial charge in [0.1, 0.15) is 0 Å². The van der Waals surface area contributed by atoms with E-state index in [1.807, 2.05) is 25.1 Å². The Labute approximate surface area is 147 Å². The van der Waals surface area contributed by atoms with Crippen LogP contribution in [0.25, 0.3) is 0 Å². The lowest BCUT2D eigenvalue weighted by Gasteiger charge is -2.09. The molecule has 7 heteroatoms. The summed E-state index contributed by atoms with van der Waals surface area (Å²) in [5.41, 5.74) is 7.32. The molecule has 2 aromatic rings. The second kappa shape index (κ2) is 8.03. The first-order chi connectivity index (χ1) is 10.9. The third-order valence-electron chi connectivity index (χ3n) is 2.91. The molecule has 0 aliphatic carbocycles. The highest BCUT2D eigenvalue weighted by Gasteiger charge is 2.07. The maximum Gasteiger partial charge on any atom is 0.316 e. The van der Waals surface area contributed by atoms with E-state index in [4.69, 9.17) is 5.73 Å². The fourth-order valence-corrected chi connectivity index (χ4v) is 3.22. The molecule has 0 radical (unpaired) electrons. The van der Waals surface area contributed by atoms with Crippen LogP contribution >= 0.6 is 27.7 Å². The van der Waals surface area contributed by atoms with Crippen molar-refractivity contribution in [1.29, 1.82) is 0 Å². The van der Waals surface area contributed by atoms with Crippen molar-refractivity contribution in [3.8, 4) is 0 Å². The quantitative estimate of drug-likeness (QED) is 0.671. The van der Waals surface area contributed by atoms with Crippen molar-refractivity contribution in [2.24, 2.45) is 5.73 Å². The van der Waals surface area contributed by atoms with Crippen LogP contribution in [0.2, 0.25) is 0 Å². The van der Waals surface area contributed by atoms with Gasteiger partial charge in [-0.15, -0.1) is 11.8 Å². The standard InChI is InChI=1S/C16H16BrN3O2S/c1-10-7-11(17)5-6-14(10)23-9-15(21)19-12-3-2-4-13(8-12)20-16(18)22/h2-8H,9H2,1H3,(H,19,21)(H3,18,20,22). The summed E-state index contributed by atoms with van der Waals surface area (Å²) >= 11 is 4.89. The van der Waals surface area contributed by atoms with Gasteiger partial charge in [-0.1, -0.05) is 22.0 Å². The maximum atomic E-state index is 12.0. The third kappa shape index (κ3) is 5.61. The van der Waals surface area contributed by atoms with Crippen LogP contribution < -0.4 is 16.4 Å². The minimum Gasteiger partial charge on any atom is -0.351 e. The van der Waals surface area contributed by atoms with E-state index in [1.165, 1.54) is 11.8 Å². The van der Waals surface area contributed by atoms with Gasteiger partial charge in [-0.2, -0.15) is 0 Å². The predicted octanol–water partition coefficient (Wildman–Crippen LogP) is 3.98. The largest absolute Gasteiger partial charge is 0.351 e. The fourth-order valence-electron chi connectivity index (χ4n) is 1.93. The molecule has 23 heavy (non-hydrogen) atoms. The number of primary amides is 1. The SMILES string of the molecule is Cc1cc(Br)ccc1SCC(=O)Nc1cccc(NC(N)=O)c1. The van der Waals surface area contributed by atoms with Gasteiger partial charge < -0.3 is 16.4 Å². The molecule has 0 saturated heterocycles. The zero-order valence-corrected chi connectivity index (χ0v) is 14.8. The van der Waals surface area contributed by atoms with E-state index in [0.29, 0.717) is 17.1 Å². The van der Waals surface area contributed by atoms with Crippen LogP contribution in [0.3, 0.4) is 0 Å². The van der Waals surface area contributed by atoms with E-state index >= 15 is 0 Å². The molecule has 0 aromatic heterocycles. The number of benzene rings is 2. The minimum atomic E-state index is -0.644. The van der Waals surface area contributed by atoms with Crippen LogP contribution in [0.15, 0.2) is 51.8 Å². The van der Waals surface area contributed by atoms with Crippen molar-refractivity contribution in [2.75, 3.05) is 16.4 Å². The van der Waals surface area contributed by atoms with E-state index in [1.54, 1.807) is 24.3 Å². The fraction of sp³-hybridized carbons (Fsp3) is 0.125. The zero-order valence-electron chi connectivity index (χ0n) is 12.4. The summed E-state index contributed by atoms with van der Waals surface area (Å²) in [5, 5.41) is 5.26. The Hall–Kier alpha value is -1.99. The van der Waals surface area contributed by atoms with Crippen molar-refractivity contribution in [3.63, 3.8) is 0 Å². The Kier molecular flexibility index (Phi) is 6.06.